The number of ether oxygens (including phenoxy) is 1. The zero-order valence-corrected chi connectivity index (χ0v) is 7.71. The first-order valence-corrected chi connectivity index (χ1v) is 4.41. The number of hydrogen-bond acceptors (Lipinski definition) is 2. The van der Waals surface area contributed by atoms with Gasteiger partial charge in [-0.05, 0) is 19.1 Å². The average molecular weight is 195 g/mol. The Hall–Kier alpha value is -1.58. The zero-order chi connectivity index (χ0) is 10.1. The van der Waals surface area contributed by atoms with E-state index in [4.69, 9.17) is 4.74 Å². The van der Waals surface area contributed by atoms with E-state index in [0.29, 0.717) is 11.4 Å². The van der Waals surface area contributed by atoms with Crippen molar-refractivity contribution in [3.63, 3.8) is 0 Å². The van der Waals surface area contributed by atoms with Gasteiger partial charge in [0.1, 0.15) is 17.7 Å². The molecule has 0 radical (unpaired) electrons. The van der Waals surface area contributed by atoms with Crippen LogP contribution in [0.25, 0.3) is 0 Å². The fourth-order valence-corrected chi connectivity index (χ4v) is 1.42. The summed E-state index contributed by atoms with van der Waals surface area (Å²) < 4.78 is 18.2. The van der Waals surface area contributed by atoms with Gasteiger partial charge in [-0.1, -0.05) is 0 Å². The molecule has 1 amide bonds. The topological polar surface area (TPSA) is 38.3 Å². The van der Waals surface area contributed by atoms with Gasteiger partial charge in [0.2, 0.25) is 5.91 Å². The molecule has 0 saturated heterocycles. The first-order chi connectivity index (χ1) is 6.65. The van der Waals surface area contributed by atoms with Gasteiger partial charge in [-0.3, -0.25) is 4.79 Å². The number of rotatable bonds is 0. The molecular weight excluding hydrogens is 185 g/mol. The van der Waals surface area contributed by atoms with E-state index < -0.39 is 0 Å². The minimum absolute atomic E-state index is 0.108. The van der Waals surface area contributed by atoms with Crippen LogP contribution in [-0.2, 0) is 4.79 Å². The maximum absolute atomic E-state index is 12.9. The second-order valence-corrected chi connectivity index (χ2v) is 3.32. The summed E-state index contributed by atoms with van der Waals surface area (Å²) in [6.07, 6.45) is 0.0640. The van der Waals surface area contributed by atoms with Gasteiger partial charge in [-0.2, -0.15) is 0 Å². The molecular formula is C10H10FNO2. The normalized spacial score (nSPS) is 20.4. The summed E-state index contributed by atoms with van der Waals surface area (Å²) in [6, 6.07) is 4.07. The molecule has 0 aliphatic carbocycles. The van der Waals surface area contributed by atoms with E-state index in [1.165, 1.54) is 18.2 Å². The lowest BCUT2D eigenvalue weighted by molar-refractivity contribution is -0.117. The third-order valence-corrected chi connectivity index (χ3v) is 2.02. The first-order valence-electron chi connectivity index (χ1n) is 4.41. The summed E-state index contributed by atoms with van der Waals surface area (Å²) in [5.41, 5.74) is 0.528. The quantitative estimate of drug-likeness (QED) is 0.687. The number of hydrogen-bond donors (Lipinski definition) is 1. The van der Waals surface area contributed by atoms with Gasteiger partial charge >= 0.3 is 0 Å². The molecule has 0 bridgehead atoms. The van der Waals surface area contributed by atoms with E-state index in [1.54, 1.807) is 6.92 Å². The highest BCUT2D eigenvalue weighted by Crippen LogP contribution is 2.29. The predicted octanol–water partition coefficient (Wildman–Crippen LogP) is 1.94. The van der Waals surface area contributed by atoms with Crippen LogP contribution < -0.4 is 10.1 Å². The SMILES string of the molecule is CC1CC(=O)Nc2ccc(F)cc2O1. The van der Waals surface area contributed by atoms with E-state index in [1.807, 2.05) is 0 Å². The number of anilines is 1. The van der Waals surface area contributed by atoms with E-state index in [-0.39, 0.29) is 24.2 Å². The van der Waals surface area contributed by atoms with Crippen molar-refractivity contribution in [2.75, 3.05) is 5.32 Å². The molecule has 14 heavy (non-hydrogen) atoms. The van der Waals surface area contributed by atoms with E-state index in [2.05, 4.69) is 5.32 Å². The van der Waals surface area contributed by atoms with Crippen molar-refractivity contribution in [2.45, 2.75) is 19.4 Å². The lowest BCUT2D eigenvalue weighted by atomic mass is 10.3. The number of nitrogens with one attached hydrogen (secondary N) is 1. The first kappa shape index (κ1) is 8.99. The van der Waals surface area contributed by atoms with Crippen molar-refractivity contribution < 1.29 is 13.9 Å². The highest BCUT2D eigenvalue weighted by atomic mass is 19.1. The van der Waals surface area contributed by atoms with Gasteiger partial charge in [-0.15, -0.1) is 0 Å². The maximum Gasteiger partial charge on any atom is 0.228 e. The third-order valence-electron chi connectivity index (χ3n) is 2.02. The molecule has 1 atom stereocenters. The molecule has 1 heterocycles. The van der Waals surface area contributed by atoms with Gasteiger partial charge < -0.3 is 10.1 Å². The Kier molecular flexibility index (Phi) is 2.11. The minimum Gasteiger partial charge on any atom is -0.488 e. The van der Waals surface area contributed by atoms with Crippen molar-refractivity contribution in [1.82, 2.24) is 0 Å². The van der Waals surface area contributed by atoms with Crippen LogP contribution in [0.2, 0.25) is 0 Å². The third kappa shape index (κ3) is 1.69. The van der Waals surface area contributed by atoms with Crippen molar-refractivity contribution >= 4 is 11.6 Å². The van der Waals surface area contributed by atoms with E-state index in [0.717, 1.165) is 0 Å². The van der Waals surface area contributed by atoms with Crippen molar-refractivity contribution in [3.05, 3.63) is 24.0 Å². The molecule has 1 unspecified atom stereocenters. The summed E-state index contributed by atoms with van der Waals surface area (Å²) in [7, 11) is 0. The zero-order valence-electron chi connectivity index (χ0n) is 7.71. The molecule has 74 valence electrons. The second kappa shape index (κ2) is 3.29. The Morgan fingerprint density at radius 2 is 2.36 bits per heavy atom. The Labute approximate surface area is 80.9 Å². The number of halogens is 1. The van der Waals surface area contributed by atoms with Crippen LogP contribution in [0.15, 0.2) is 18.2 Å². The Morgan fingerprint density at radius 1 is 1.57 bits per heavy atom. The standard InChI is InChI=1S/C10H10FNO2/c1-6-4-10(13)12-8-3-2-7(11)5-9(8)14-6/h2-3,5-6H,4H2,1H3,(H,12,13). The molecule has 2 rings (SSSR count). The predicted molar refractivity (Wildman–Crippen MR) is 49.7 cm³/mol. The van der Waals surface area contributed by atoms with E-state index >= 15 is 0 Å². The lowest BCUT2D eigenvalue weighted by Gasteiger charge is -2.10. The van der Waals surface area contributed by atoms with Gasteiger partial charge in [0.25, 0.3) is 0 Å². The van der Waals surface area contributed by atoms with Crippen LogP contribution in [-0.4, -0.2) is 12.0 Å². The van der Waals surface area contributed by atoms with Gasteiger partial charge in [-0.25, -0.2) is 4.39 Å². The maximum atomic E-state index is 12.9. The lowest BCUT2D eigenvalue weighted by Crippen LogP contribution is -2.17. The smallest absolute Gasteiger partial charge is 0.228 e. The molecule has 1 aromatic rings. The van der Waals surface area contributed by atoms with Crippen molar-refractivity contribution in [3.8, 4) is 5.75 Å². The molecule has 0 aromatic heterocycles. The van der Waals surface area contributed by atoms with Gasteiger partial charge in [0.15, 0.2) is 0 Å². The van der Waals surface area contributed by atoms with Crippen LogP contribution in [0.1, 0.15) is 13.3 Å². The minimum atomic E-state index is -0.368. The fraction of sp³-hybridized carbons (Fsp3) is 0.300. The summed E-state index contributed by atoms with van der Waals surface area (Å²) in [4.78, 5) is 11.3. The van der Waals surface area contributed by atoms with Crippen LogP contribution in [0.3, 0.4) is 0 Å². The molecule has 1 aromatic carbocycles. The Morgan fingerprint density at radius 3 is 3.14 bits per heavy atom. The molecule has 1 N–H and O–H groups in total. The summed E-state index contributed by atoms with van der Waals surface area (Å²) in [5, 5.41) is 2.65. The average Bonchev–Trinajstić information content (AvgIpc) is 2.21. The summed E-state index contributed by atoms with van der Waals surface area (Å²) >= 11 is 0. The van der Waals surface area contributed by atoms with Gasteiger partial charge in [0, 0.05) is 6.07 Å². The Bertz CT molecular complexity index is 378. The molecule has 1 aliphatic rings. The van der Waals surface area contributed by atoms with Crippen LogP contribution in [0.5, 0.6) is 5.75 Å². The molecule has 1 aliphatic heterocycles. The second-order valence-electron chi connectivity index (χ2n) is 3.32. The highest BCUT2D eigenvalue weighted by Gasteiger charge is 2.19. The van der Waals surface area contributed by atoms with Crippen LogP contribution >= 0.6 is 0 Å². The largest absolute Gasteiger partial charge is 0.488 e. The number of fused-ring (bicyclic) bond motifs is 1. The highest BCUT2D eigenvalue weighted by molar-refractivity contribution is 5.93. The molecule has 4 heteroatoms. The number of amides is 1. The van der Waals surface area contributed by atoms with Crippen LogP contribution in [0.4, 0.5) is 10.1 Å². The molecule has 0 saturated carbocycles. The number of carbonyl (C=O) groups excluding carboxylic acids is 1. The van der Waals surface area contributed by atoms with Crippen molar-refractivity contribution in [2.24, 2.45) is 0 Å². The molecule has 0 fully saturated rings. The monoisotopic (exact) mass is 195 g/mol. The molecule has 3 nitrogen and oxygen atoms in total. The van der Waals surface area contributed by atoms with Gasteiger partial charge in [0.05, 0.1) is 12.1 Å². The fourth-order valence-electron chi connectivity index (χ4n) is 1.42. The van der Waals surface area contributed by atoms with Crippen molar-refractivity contribution in [1.29, 1.82) is 0 Å². The molecule has 0 spiro atoms. The Balaban J connectivity index is 2.41. The van der Waals surface area contributed by atoms with Crippen LogP contribution in [0, 0.1) is 5.82 Å². The summed E-state index contributed by atoms with van der Waals surface area (Å²) in [6.45, 7) is 1.78. The number of benzene rings is 1. The van der Waals surface area contributed by atoms with E-state index in [9.17, 15) is 9.18 Å². The number of carbonyl (C=O) groups is 1. The summed E-state index contributed by atoms with van der Waals surface area (Å²) in [5.74, 6) is -0.0849.